The molecule has 1 saturated carbocycles. The zero-order valence-electron chi connectivity index (χ0n) is 7.45. The molecule has 1 aromatic carbocycles. The molecule has 3 heteroatoms. The second-order valence-corrected chi connectivity index (χ2v) is 5.54. The third-order valence-electron chi connectivity index (χ3n) is 2.24. The highest BCUT2D eigenvalue weighted by Crippen LogP contribution is 2.40. The van der Waals surface area contributed by atoms with Crippen LogP contribution in [-0.2, 0) is 9.84 Å². The number of sulfone groups is 1. The van der Waals surface area contributed by atoms with Crippen LogP contribution >= 0.6 is 0 Å². The molecule has 1 fully saturated rings. The van der Waals surface area contributed by atoms with E-state index in [1.165, 1.54) is 19.1 Å². The lowest BCUT2D eigenvalue weighted by atomic mass is 10.1. The van der Waals surface area contributed by atoms with Gasteiger partial charge < -0.3 is 0 Å². The van der Waals surface area contributed by atoms with Gasteiger partial charge in [0.05, 0.1) is 4.90 Å². The van der Waals surface area contributed by atoms with Gasteiger partial charge in [-0.05, 0) is 42.5 Å². The van der Waals surface area contributed by atoms with Crippen molar-refractivity contribution < 1.29 is 8.42 Å². The van der Waals surface area contributed by atoms with Gasteiger partial charge in [0.25, 0.3) is 0 Å². The molecule has 0 spiro atoms. The lowest BCUT2D eigenvalue weighted by molar-refractivity contribution is 0.601. The molecule has 2 rings (SSSR count). The molecular formula is C10H11O2S. The number of hydrogen-bond acceptors (Lipinski definition) is 2. The molecular weight excluding hydrogens is 184 g/mol. The molecule has 69 valence electrons. The van der Waals surface area contributed by atoms with E-state index in [9.17, 15) is 8.42 Å². The molecule has 1 radical (unpaired) electrons. The van der Waals surface area contributed by atoms with Crippen molar-refractivity contribution in [2.24, 2.45) is 0 Å². The Balaban J connectivity index is 2.43. The highest BCUT2D eigenvalue weighted by molar-refractivity contribution is 7.90. The molecule has 0 N–H and O–H groups in total. The van der Waals surface area contributed by atoms with E-state index in [0.717, 1.165) is 5.56 Å². The van der Waals surface area contributed by atoms with Crippen molar-refractivity contribution in [1.82, 2.24) is 0 Å². The third-order valence-corrected chi connectivity index (χ3v) is 3.35. The molecule has 0 aliphatic heterocycles. The van der Waals surface area contributed by atoms with Crippen LogP contribution in [0.15, 0.2) is 23.1 Å². The van der Waals surface area contributed by atoms with Gasteiger partial charge in [0, 0.05) is 6.26 Å². The predicted octanol–water partition coefficient (Wildman–Crippen LogP) is 1.77. The van der Waals surface area contributed by atoms with Crippen LogP contribution < -0.4 is 0 Å². The highest BCUT2D eigenvalue weighted by Gasteiger charge is 2.24. The molecule has 13 heavy (non-hydrogen) atoms. The van der Waals surface area contributed by atoms with Crippen molar-refractivity contribution in [3.05, 3.63) is 29.8 Å². The minimum Gasteiger partial charge on any atom is -0.224 e. The summed E-state index contributed by atoms with van der Waals surface area (Å²) in [6.07, 6.45) is 3.58. The van der Waals surface area contributed by atoms with Gasteiger partial charge in [-0.15, -0.1) is 0 Å². The van der Waals surface area contributed by atoms with Gasteiger partial charge in [0.15, 0.2) is 9.84 Å². The molecule has 0 unspecified atom stereocenters. The highest BCUT2D eigenvalue weighted by atomic mass is 32.2. The van der Waals surface area contributed by atoms with Gasteiger partial charge >= 0.3 is 0 Å². The summed E-state index contributed by atoms with van der Waals surface area (Å²) in [6, 6.07) is 8.12. The summed E-state index contributed by atoms with van der Waals surface area (Å²) in [5.41, 5.74) is 1.04. The molecule has 0 atom stereocenters. The molecule has 0 saturated heterocycles. The Morgan fingerprint density at radius 1 is 1.46 bits per heavy atom. The Morgan fingerprint density at radius 3 is 2.69 bits per heavy atom. The fourth-order valence-electron chi connectivity index (χ4n) is 1.32. The van der Waals surface area contributed by atoms with E-state index < -0.39 is 9.84 Å². The summed E-state index contributed by atoms with van der Waals surface area (Å²) in [5.74, 6) is 0.557. The molecule has 0 amide bonds. The van der Waals surface area contributed by atoms with Crippen molar-refractivity contribution in [3.63, 3.8) is 0 Å². The molecule has 1 aliphatic carbocycles. The first-order valence-corrected chi connectivity index (χ1v) is 6.18. The van der Waals surface area contributed by atoms with Crippen molar-refractivity contribution in [3.8, 4) is 0 Å². The van der Waals surface area contributed by atoms with E-state index in [1.54, 1.807) is 18.2 Å². The van der Waals surface area contributed by atoms with Gasteiger partial charge in [-0.3, -0.25) is 0 Å². The van der Waals surface area contributed by atoms with Crippen molar-refractivity contribution in [2.45, 2.75) is 23.7 Å². The van der Waals surface area contributed by atoms with Gasteiger partial charge in [-0.2, -0.15) is 0 Å². The fourth-order valence-corrected chi connectivity index (χ4v) is 1.98. The van der Waals surface area contributed by atoms with E-state index in [2.05, 4.69) is 6.07 Å². The average Bonchev–Trinajstić information content (AvgIpc) is 2.85. The SMILES string of the molecule is CS(=O)(=O)c1cc[c]c(C2CC2)c1. The van der Waals surface area contributed by atoms with Crippen LogP contribution in [0, 0.1) is 6.07 Å². The predicted molar refractivity (Wildman–Crippen MR) is 50.4 cm³/mol. The summed E-state index contributed by atoms with van der Waals surface area (Å²) in [6.45, 7) is 0. The summed E-state index contributed by atoms with van der Waals surface area (Å²) >= 11 is 0. The quantitative estimate of drug-likeness (QED) is 0.720. The molecule has 1 aliphatic rings. The van der Waals surface area contributed by atoms with Crippen LogP contribution in [0.4, 0.5) is 0 Å². The Kier molecular flexibility index (Phi) is 1.91. The summed E-state index contributed by atoms with van der Waals surface area (Å²) in [5, 5.41) is 0. The second-order valence-electron chi connectivity index (χ2n) is 3.53. The Hall–Kier alpha value is -0.830. The van der Waals surface area contributed by atoms with E-state index in [0.29, 0.717) is 10.8 Å². The van der Waals surface area contributed by atoms with E-state index in [1.807, 2.05) is 0 Å². The molecule has 0 aromatic heterocycles. The molecule has 0 heterocycles. The number of benzene rings is 1. The van der Waals surface area contributed by atoms with Crippen LogP contribution in [0.1, 0.15) is 24.3 Å². The molecule has 2 nitrogen and oxygen atoms in total. The second kappa shape index (κ2) is 2.84. The topological polar surface area (TPSA) is 34.1 Å². The van der Waals surface area contributed by atoms with E-state index >= 15 is 0 Å². The van der Waals surface area contributed by atoms with Crippen LogP contribution in [0.25, 0.3) is 0 Å². The summed E-state index contributed by atoms with van der Waals surface area (Å²) in [7, 11) is -3.05. The van der Waals surface area contributed by atoms with Gasteiger partial charge in [-0.25, -0.2) is 8.42 Å². The molecule has 1 aromatic rings. The van der Waals surface area contributed by atoms with Crippen LogP contribution in [0.3, 0.4) is 0 Å². The lowest BCUT2D eigenvalue weighted by Crippen LogP contribution is -1.97. The first kappa shape index (κ1) is 8.75. The van der Waals surface area contributed by atoms with E-state index in [4.69, 9.17) is 0 Å². The van der Waals surface area contributed by atoms with Crippen LogP contribution in [-0.4, -0.2) is 14.7 Å². The lowest BCUT2D eigenvalue weighted by Gasteiger charge is -2.00. The van der Waals surface area contributed by atoms with Gasteiger partial charge in [0.1, 0.15) is 0 Å². The summed E-state index contributed by atoms with van der Waals surface area (Å²) < 4.78 is 22.4. The average molecular weight is 195 g/mol. The van der Waals surface area contributed by atoms with E-state index in [-0.39, 0.29) is 0 Å². The summed E-state index contributed by atoms with van der Waals surface area (Å²) in [4.78, 5) is 0.410. The van der Waals surface area contributed by atoms with Crippen molar-refractivity contribution in [2.75, 3.05) is 6.26 Å². The van der Waals surface area contributed by atoms with Crippen molar-refractivity contribution in [1.29, 1.82) is 0 Å². The smallest absolute Gasteiger partial charge is 0.175 e. The van der Waals surface area contributed by atoms with Gasteiger partial charge in [0.2, 0.25) is 0 Å². The largest absolute Gasteiger partial charge is 0.224 e. The Bertz CT molecular complexity index is 416. The van der Waals surface area contributed by atoms with Crippen molar-refractivity contribution >= 4 is 9.84 Å². The minimum absolute atomic E-state index is 0.410. The monoisotopic (exact) mass is 195 g/mol. The zero-order chi connectivity index (χ0) is 9.47. The maximum absolute atomic E-state index is 11.2. The minimum atomic E-state index is -3.05. The first-order valence-electron chi connectivity index (χ1n) is 4.29. The molecule has 0 bridgehead atoms. The fraction of sp³-hybridized carbons (Fsp3) is 0.400. The normalized spacial score (nSPS) is 17.3. The van der Waals surface area contributed by atoms with Crippen LogP contribution in [0.2, 0.25) is 0 Å². The standard InChI is InChI=1S/C10H11O2S/c1-13(11,12)10-4-2-3-9(7-10)8-5-6-8/h2,4,7-8H,5-6H2,1H3. The first-order chi connectivity index (χ1) is 6.07. The van der Waals surface area contributed by atoms with Crippen LogP contribution in [0.5, 0.6) is 0 Å². The van der Waals surface area contributed by atoms with Gasteiger partial charge in [-0.1, -0.05) is 6.07 Å². The number of hydrogen-bond donors (Lipinski definition) is 0. The third kappa shape index (κ3) is 1.91. The maximum Gasteiger partial charge on any atom is 0.175 e. The Morgan fingerprint density at radius 2 is 2.15 bits per heavy atom. The Labute approximate surface area is 78.5 Å². The number of rotatable bonds is 2. The maximum atomic E-state index is 11.2. The zero-order valence-corrected chi connectivity index (χ0v) is 8.26.